The van der Waals surface area contributed by atoms with Crippen LogP contribution in [-0.4, -0.2) is 17.4 Å². The topological polar surface area (TPSA) is 118 Å². The van der Waals surface area contributed by atoms with Gasteiger partial charge in [0.1, 0.15) is 27.2 Å². The van der Waals surface area contributed by atoms with E-state index in [-0.39, 0.29) is 17.3 Å². The number of anilines is 2. The normalized spacial score (nSPS) is 13.6. The molecule has 0 saturated carbocycles. The quantitative estimate of drug-likeness (QED) is 0.452. The molecule has 4 rings (SSSR count). The van der Waals surface area contributed by atoms with Gasteiger partial charge >= 0.3 is 0 Å². The third kappa shape index (κ3) is 4.19. The second-order valence-corrected chi connectivity index (χ2v) is 9.05. The van der Waals surface area contributed by atoms with Crippen LogP contribution in [0.25, 0.3) is 21.3 Å². The summed E-state index contributed by atoms with van der Waals surface area (Å²) in [6.45, 7) is 2.66. The number of rotatable bonds is 6. The number of thiophene rings is 1. The maximum absolute atomic E-state index is 12.9. The number of aromatic nitrogens is 1. The van der Waals surface area contributed by atoms with Crippen molar-refractivity contribution >= 4 is 39.0 Å². The smallest absolute Gasteiger partial charge is 0.263 e. The highest BCUT2D eigenvalue weighted by atomic mass is 32.1. The largest absolute Gasteiger partial charge is 0.397 e. The number of pyridine rings is 1. The summed E-state index contributed by atoms with van der Waals surface area (Å²) in [5.74, 6) is -0.0710. The zero-order valence-corrected chi connectivity index (χ0v) is 19.0. The van der Waals surface area contributed by atoms with E-state index >= 15 is 0 Å². The predicted octanol–water partition coefficient (Wildman–Crippen LogP) is 5.18. The fourth-order valence-electron chi connectivity index (χ4n) is 4.20. The number of allylic oxidation sites excluding steroid dienone is 1. The number of nitrogens with zero attached hydrogens (tertiary/aromatic N) is 2. The van der Waals surface area contributed by atoms with Crippen LogP contribution in [0.2, 0.25) is 0 Å². The second-order valence-electron chi connectivity index (χ2n) is 8.05. The molecule has 2 aromatic heterocycles. The zero-order valence-electron chi connectivity index (χ0n) is 18.2. The summed E-state index contributed by atoms with van der Waals surface area (Å²) in [7, 11) is 0. The van der Waals surface area contributed by atoms with Crippen molar-refractivity contribution in [2.75, 3.05) is 18.0 Å². The van der Waals surface area contributed by atoms with Crippen molar-refractivity contribution in [2.24, 2.45) is 0 Å². The van der Waals surface area contributed by atoms with E-state index in [0.29, 0.717) is 32.9 Å². The van der Waals surface area contributed by atoms with E-state index < -0.39 is 0 Å². The van der Waals surface area contributed by atoms with Crippen LogP contribution in [0.1, 0.15) is 59.8 Å². The van der Waals surface area contributed by atoms with E-state index in [0.717, 1.165) is 31.2 Å². The molecule has 0 spiro atoms. The van der Waals surface area contributed by atoms with Crippen molar-refractivity contribution in [1.82, 2.24) is 10.3 Å². The molecule has 164 valence electrons. The Balaban J connectivity index is 1.70. The highest BCUT2D eigenvalue weighted by molar-refractivity contribution is 7.21. The Hall–Kier alpha value is -3.37. The molecular weight excluding hydrogens is 418 g/mol. The van der Waals surface area contributed by atoms with Gasteiger partial charge in [-0.3, -0.25) is 4.79 Å². The van der Waals surface area contributed by atoms with Crippen molar-refractivity contribution in [3.8, 4) is 17.2 Å². The summed E-state index contributed by atoms with van der Waals surface area (Å²) in [5, 5.41) is 13.4. The molecule has 1 aromatic carbocycles. The van der Waals surface area contributed by atoms with Gasteiger partial charge in [-0.1, -0.05) is 42.8 Å². The fraction of sp³-hybridized carbons (Fsp3) is 0.320. The van der Waals surface area contributed by atoms with Gasteiger partial charge in [0.15, 0.2) is 0 Å². The number of aryl methyl sites for hydroxylation is 1. The molecule has 2 heterocycles. The fourth-order valence-corrected chi connectivity index (χ4v) is 5.22. The number of nitriles is 1. The molecule has 6 nitrogen and oxygen atoms in total. The number of nitrogens with two attached hydrogens (primary N) is 2. The summed E-state index contributed by atoms with van der Waals surface area (Å²) >= 11 is 1.22. The lowest BCUT2D eigenvalue weighted by atomic mass is 9.96. The van der Waals surface area contributed by atoms with Gasteiger partial charge in [-0.25, -0.2) is 4.98 Å². The molecule has 0 radical (unpaired) electrons. The minimum absolute atomic E-state index is 0.145. The minimum atomic E-state index is -0.216. The number of carbonyl (C=O) groups excluding carboxylic acids is 1. The van der Waals surface area contributed by atoms with Crippen LogP contribution >= 0.6 is 11.3 Å². The third-order valence-corrected chi connectivity index (χ3v) is 7.09. The Morgan fingerprint density at radius 3 is 2.69 bits per heavy atom. The van der Waals surface area contributed by atoms with Crippen molar-refractivity contribution in [1.29, 1.82) is 5.26 Å². The summed E-state index contributed by atoms with van der Waals surface area (Å²) in [4.78, 5) is 18.3. The van der Waals surface area contributed by atoms with Gasteiger partial charge in [-0.2, -0.15) is 5.26 Å². The van der Waals surface area contributed by atoms with E-state index in [4.69, 9.17) is 11.5 Å². The number of amides is 1. The van der Waals surface area contributed by atoms with E-state index in [1.807, 2.05) is 24.3 Å². The summed E-state index contributed by atoms with van der Waals surface area (Å²) in [5.41, 5.74) is 17.3. The van der Waals surface area contributed by atoms with Crippen LogP contribution in [0.15, 0.2) is 35.9 Å². The molecule has 1 amide bonds. The maximum Gasteiger partial charge on any atom is 0.263 e. The zero-order chi connectivity index (χ0) is 22.7. The maximum atomic E-state index is 12.9. The lowest BCUT2D eigenvalue weighted by Crippen LogP contribution is -2.24. The van der Waals surface area contributed by atoms with Gasteiger partial charge in [0.05, 0.1) is 5.69 Å². The van der Waals surface area contributed by atoms with Crippen LogP contribution in [0.5, 0.6) is 0 Å². The Bertz CT molecular complexity index is 1230. The molecule has 1 aliphatic rings. The number of nitrogen functional groups attached to an aromatic ring is 2. The molecule has 1 aliphatic carbocycles. The van der Waals surface area contributed by atoms with Gasteiger partial charge in [0, 0.05) is 17.5 Å². The number of nitrogens with one attached hydrogen (secondary N) is 1. The standard InChI is InChI=1S/C25H27N5OS/c1-2-15-8-10-17(11-9-15)19-18(14-26)23(28)30-25-20(19)21(27)22(32-25)24(31)29-13-12-16-6-4-3-5-7-16/h6,8-11H,2-5,7,12-13,27H2,1H3,(H2,28,30)(H,29,31). The molecule has 0 saturated heterocycles. The lowest BCUT2D eigenvalue weighted by molar-refractivity contribution is 0.0959. The van der Waals surface area contributed by atoms with Crippen LogP contribution in [0.3, 0.4) is 0 Å². The summed E-state index contributed by atoms with van der Waals surface area (Å²) in [6.07, 6.45) is 8.77. The molecule has 0 unspecified atom stereocenters. The minimum Gasteiger partial charge on any atom is -0.397 e. The summed E-state index contributed by atoms with van der Waals surface area (Å²) < 4.78 is 0. The average molecular weight is 446 g/mol. The van der Waals surface area contributed by atoms with Crippen LogP contribution in [0.4, 0.5) is 11.5 Å². The first-order valence-electron chi connectivity index (χ1n) is 11.0. The Labute approximate surface area is 191 Å². The Kier molecular flexibility index (Phi) is 6.42. The average Bonchev–Trinajstić information content (AvgIpc) is 3.14. The SMILES string of the molecule is CCc1ccc(-c2c(C#N)c(N)nc3sc(C(=O)NCCC4=CCCCC4)c(N)c23)cc1. The summed E-state index contributed by atoms with van der Waals surface area (Å²) in [6, 6.07) is 10.1. The van der Waals surface area contributed by atoms with Gasteiger partial charge in [-0.05, 0) is 49.7 Å². The molecule has 5 N–H and O–H groups in total. The van der Waals surface area contributed by atoms with Gasteiger partial charge in [0.2, 0.25) is 0 Å². The molecule has 3 aromatic rings. The molecule has 0 fully saturated rings. The van der Waals surface area contributed by atoms with Crippen molar-refractivity contribution in [3.05, 3.63) is 51.9 Å². The molecule has 7 heteroatoms. The van der Waals surface area contributed by atoms with Crippen molar-refractivity contribution < 1.29 is 4.79 Å². The van der Waals surface area contributed by atoms with Crippen LogP contribution < -0.4 is 16.8 Å². The van der Waals surface area contributed by atoms with E-state index in [2.05, 4.69) is 29.4 Å². The molecular formula is C25H27N5OS. The highest BCUT2D eigenvalue weighted by Gasteiger charge is 2.24. The Morgan fingerprint density at radius 1 is 1.25 bits per heavy atom. The van der Waals surface area contributed by atoms with Gasteiger partial charge in [0.25, 0.3) is 5.91 Å². The highest BCUT2D eigenvalue weighted by Crippen LogP contribution is 2.42. The first-order valence-corrected chi connectivity index (χ1v) is 11.8. The monoisotopic (exact) mass is 445 g/mol. The number of hydrogen-bond acceptors (Lipinski definition) is 6. The van der Waals surface area contributed by atoms with Crippen molar-refractivity contribution in [3.63, 3.8) is 0 Å². The number of benzene rings is 1. The van der Waals surface area contributed by atoms with Crippen LogP contribution in [-0.2, 0) is 6.42 Å². The number of carbonyl (C=O) groups is 1. The van der Waals surface area contributed by atoms with E-state index in [9.17, 15) is 10.1 Å². The molecule has 0 bridgehead atoms. The molecule has 0 atom stereocenters. The molecule has 32 heavy (non-hydrogen) atoms. The van der Waals surface area contributed by atoms with Crippen LogP contribution in [0, 0.1) is 11.3 Å². The van der Waals surface area contributed by atoms with E-state index in [1.165, 1.54) is 35.3 Å². The number of hydrogen-bond donors (Lipinski definition) is 3. The Morgan fingerprint density at radius 2 is 2.03 bits per heavy atom. The first kappa shape index (κ1) is 21.8. The first-order chi connectivity index (χ1) is 15.5. The third-order valence-electron chi connectivity index (χ3n) is 5.99. The predicted molar refractivity (Wildman–Crippen MR) is 131 cm³/mol. The van der Waals surface area contributed by atoms with Gasteiger partial charge < -0.3 is 16.8 Å². The van der Waals surface area contributed by atoms with Gasteiger partial charge in [-0.15, -0.1) is 11.3 Å². The number of fused-ring (bicyclic) bond motifs is 1. The molecule has 0 aliphatic heterocycles. The van der Waals surface area contributed by atoms with E-state index in [1.54, 1.807) is 0 Å². The lowest BCUT2D eigenvalue weighted by Gasteiger charge is -2.12. The van der Waals surface area contributed by atoms with Crippen molar-refractivity contribution in [2.45, 2.75) is 45.4 Å². The second kappa shape index (κ2) is 9.41.